The molecule has 0 aliphatic heterocycles. The second kappa shape index (κ2) is 6.23. The summed E-state index contributed by atoms with van der Waals surface area (Å²) >= 11 is 0. The highest BCUT2D eigenvalue weighted by molar-refractivity contribution is 7.89. The Labute approximate surface area is 114 Å². The van der Waals surface area contributed by atoms with E-state index in [1.807, 2.05) is 13.8 Å². The Hall–Kier alpha value is -1.31. The summed E-state index contributed by atoms with van der Waals surface area (Å²) in [6.07, 6.45) is 0. The van der Waals surface area contributed by atoms with Crippen molar-refractivity contribution < 1.29 is 13.5 Å². The van der Waals surface area contributed by atoms with E-state index < -0.39 is 10.0 Å². The van der Waals surface area contributed by atoms with E-state index in [2.05, 4.69) is 10.0 Å². The van der Waals surface area contributed by atoms with Crippen molar-refractivity contribution in [1.82, 2.24) is 4.72 Å². The van der Waals surface area contributed by atoms with Crippen molar-refractivity contribution in [3.8, 4) is 0 Å². The lowest BCUT2D eigenvalue weighted by Crippen LogP contribution is -2.29. The van der Waals surface area contributed by atoms with Crippen molar-refractivity contribution in [2.45, 2.75) is 24.8 Å². The maximum atomic E-state index is 11.6. The van der Waals surface area contributed by atoms with Gasteiger partial charge in [0, 0.05) is 0 Å². The molecule has 0 aromatic heterocycles. The molecule has 19 heavy (non-hydrogen) atoms. The van der Waals surface area contributed by atoms with Crippen molar-refractivity contribution in [1.29, 1.82) is 0 Å². The standard InChI is InChI=1S/C12H21N3O3S/c1-8(2)12(7-16)15-11-5-4-9(6-10(11)13)19(17,18)14-3/h4-6,8,12,14-16H,7,13H2,1-3H3/t12-/m1/s1. The van der Waals surface area contributed by atoms with Gasteiger partial charge in [-0.15, -0.1) is 0 Å². The summed E-state index contributed by atoms with van der Waals surface area (Å²) in [5, 5.41) is 12.4. The zero-order chi connectivity index (χ0) is 14.6. The third-order valence-electron chi connectivity index (χ3n) is 2.94. The SMILES string of the molecule is CNS(=O)(=O)c1ccc(N[C@H](CO)C(C)C)c(N)c1. The molecule has 0 radical (unpaired) electrons. The van der Waals surface area contributed by atoms with Gasteiger partial charge in [-0.3, -0.25) is 0 Å². The quantitative estimate of drug-likeness (QED) is 0.574. The Morgan fingerprint density at radius 2 is 2.00 bits per heavy atom. The molecule has 5 N–H and O–H groups in total. The molecule has 0 unspecified atom stereocenters. The number of nitrogens with two attached hydrogens (primary N) is 1. The number of rotatable bonds is 6. The van der Waals surface area contributed by atoms with E-state index in [0.29, 0.717) is 11.4 Å². The molecule has 1 aromatic rings. The van der Waals surface area contributed by atoms with Gasteiger partial charge in [0.05, 0.1) is 28.9 Å². The van der Waals surface area contributed by atoms with Crippen LogP contribution in [0.3, 0.4) is 0 Å². The number of hydrogen-bond acceptors (Lipinski definition) is 5. The smallest absolute Gasteiger partial charge is 0.240 e. The molecule has 1 aromatic carbocycles. The summed E-state index contributed by atoms with van der Waals surface area (Å²) in [6.45, 7) is 3.93. The highest BCUT2D eigenvalue weighted by atomic mass is 32.2. The van der Waals surface area contributed by atoms with Gasteiger partial charge in [0.1, 0.15) is 0 Å². The van der Waals surface area contributed by atoms with Crippen LogP contribution >= 0.6 is 0 Å². The van der Waals surface area contributed by atoms with Crippen LogP contribution in [0.4, 0.5) is 11.4 Å². The molecular weight excluding hydrogens is 266 g/mol. The monoisotopic (exact) mass is 287 g/mol. The van der Waals surface area contributed by atoms with Gasteiger partial charge in [0.25, 0.3) is 0 Å². The van der Waals surface area contributed by atoms with Crippen LogP contribution in [0.2, 0.25) is 0 Å². The predicted octanol–water partition coefficient (Wildman–Crippen LogP) is 0.606. The van der Waals surface area contributed by atoms with Crippen molar-refractivity contribution >= 4 is 21.4 Å². The number of anilines is 2. The Morgan fingerprint density at radius 1 is 1.37 bits per heavy atom. The van der Waals surface area contributed by atoms with Crippen molar-refractivity contribution in [3.05, 3.63) is 18.2 Å². The number of sulfonamides is 1. The minimum Gasteiger partial charge on any atom is -0.397 e. The molecule has 0 aliphatic rings. The average Bonchev–Trinajstić information content (AvgIpc) is 2.36. The highest BCUT2D eigenvalue weighted by Crippen LogP contribution is 2.24. The minimum absolute atomic E-state index is 0.0202. The zero-order valence-electron chi connectivity index (χ0n) is 11.3. The summed E-state index contributed by atoms with van der Waals surface area (Å²) in [7, 11) is -2.15. The molecule has 1 rings (SSSR count). The third-order valence-corrected chi connectivity index (χ3v) is 4.36. The lowest BCUT2D eigenvalue weighted by atomic mass is 10.0. The van der Waals surface area contributed by atoms with Crippen LogP contribution in [-0.2, 0) is 10.0 Å². The fourth-order valence-corrected chi connectivity index (χ4v) is 2.35. The minimum atomic E-state index is -3.49. The normalized spacial score (nSPS) is 13.5. The van der Waals surface area contributed by atoms with Gasteiger partial charge in [0.15, 0.2) is 0 Å². The Kier molecular flexibility index (Phi) is 5.16. The maximum absolute atomic E-state index is 11.6. The number of aliphatic hydroxyl groups is 1. The number of hydrogen-bond donors (Lipinski definition) is 4. The summed E-state index contributed by atoms with van der Waals surface area (Å²) in [5.74, 6) is 0.227. The highest BCUT2D eigenvalue weighted by Gasteiger charge is 2.16. The van der Waals surface area contributed by atoms with Crippen LogP contribution < -0.4 is 15.8 Å². The van der Waals surface area contributed by atoms with Crippen LogP contribution in [0.5, 0.6) is 0 Å². The fraction of sp³-hybridized carbons (Fsp3) is 0.500. The second-order valence-corrected chi connectivity index (χ2v) is 6.52. The summed E-state index contributed by atoms with van der Waals surface area (Å²) in [5.41, 5.74) is 6.78. The van der Waals surface area contributed by atoms with Gasteiger partial charge in [-0.2, -0.15) is 0 Å². The van der Waals surface area contributed by atoms with Gasteiger partial charge in [-0.1, -0.05) is 13.8 Å². The second-order valence-electron chi connectivity index (χ2n) is 4.63. The molecule has 7 heteroatoms. The molecule has 0 heterocycles. The first-order valence-corrected chi connectivity index (χ1v) is 7.50. The molecule has 0 saturated heterocycles. The van der Waals surface area contributed by atoms with Gasteiger partial charge in [-0.25, -0.2) is 13.1 Å². The first-order valence-electron chi connectivity index (χ1n) is 6.02. The van der Waals surface area contributed by atoms with E-state index >= 15 is 0 Å². The summed E-state index contributed by atoms with van der Waals surface area (Å²) < 4.78 is 25.5. The Balaban J connectivity index is 3.02. The number of aliphatic hydroxyl groups excluding tert-OH is 1. The molecule has 0 aliphatic carbocycles. The molecule has 1 atom stereocenters. The Morgan fingerprint density at radius 3 is 2.42 bits per heavy atom. The van der Waals surface area contributed by atoms with Crippen LogP contribution in [0.1, 0.15) is 13.8 Å². The number of nitrogen functional groups attached to an aromatic ring is 1. The molecule has 108 valence electrons. The van der Waals surface area contributed by atoms with E-state index in [-0.39, 0.29) is 23.5 Å². The third kappa shape index (κ3) is 3.82. The summed E-state index contributed by atoms with van der Waals surface area (Å²) in [4.78, 5) is 0.114. The zero-order valence-corrected chi connectivity index (χ0v) is 12.2. The fourth-order valence-electron chi connectivity index (χ4n) is 1.58. The lowest BCUT2D eigenvalue weighted by Gasteiger charge is -2.22. The van der Waals surface area contributed by atoms with E-state index in [9.17, 15) is 13.5 Å². The Bertz CT molecular complexity index is 529. The van der Waals surface area contributed by atoms with Crippen LogP contribution in [0.25, 0.3) is 0 Å². The number of benzene rings is 1. The summed E-state index contributed by atoms with van der Waals surface area (Å²) in [6, 6.07) is 4.33. The maximum Gasteiger partial charge on any atom is 0.240 e. The first kappa shape index (κ1) is 15.7. The molecule has 0 amide bonds. The average molecular weight is 287 g/mol. The molecule has 0 spiro atoms. The predicted molar refractivity (Wildman–Crippen MR) is 76.4 cm³/mol. The number of nitrogens with one attached hydrogen (secondary N) is 2. The molecule has 0 saturated carbocycles. The van der Waals surface area contributed by atoms with E-state index in [1.54, 1.807) is 6.07 Å². The van der Waals surface area contributed by atoms with Gasteiger partial charge in [0.2, 0.25) is 10.0 Å². The van der Waals surface area contributed by atoms with Crippen LogP contribution in [0.15, 0.2) is 23.1 Å². The van der Waals surface area contributed by atoms with Gasteiger partial charge < -0.3 is 16.2 Å². The van der Waals surface area contributed by atoms with E-state index in [0.717, 1.165) is 0 Å². The largest absolute Gasteiger partial charge is 0.397 e. The van der Waals surface area contributed by atoms with Crippen LogP contribution in [-0.4, -0.2) is 33.2 Å². The molecular formula is C12H21N3O3S. The van der Waals surface area contributed by atoms with Crippen molar-refractivity contribution in [3.63, 3.8) is 0 Å². The van der Waals surface area contributed by atoms with Gasteiger partial charge in [-0.05, 0) is 31.2 Å². The van der Waals surface area contributed by atoms with Crippen molar-refractivity contribution in [2.75, 3.05) is 24.7 Å². The van der Waals surface area contributed by atoms with E-state index in [1.165, 1.54) is 19.2 Å². The molecule has 0 fully saturated rings. The van der Waals surface area contributed by atoms with Crippen molar-refractivity contribution in [2.24, 2.45) is 5.92 Å². The first-order chi connectivity index (χ1) is 8.81. The van der Waals surface area contributed by atoms with Crippen LogP contribution in [0, 0.1) is 5.92 Å². The molecule has 0 bridgehead atoms. The van der Waals surface area contributed by atoms with Gasteiger partial charge >= 0.3 is 0 Å². The van der Waals surface area contributed by atoms with E-state index in [4.69, 9.17) is 5.73 Å². The topological polar surface area (TPSA) is 104 Å². The lowest BCUT2D eigenvalue weighted by molar-refractivity contribution is 0.249. The molecule has 6 nitrogen and oxygen atoms in total.